The molecule has 1 unspecified atom stereocenters. The lowest BCUT2D eigenvalue weighted by atomic mass is 9.95. The molecule has 2 aromatic heterocycles. The van der Waals surface area contributed by atoms with E-state index >= 15 is 0 Å². The lowest BCUT2D eigenvalue weighted by Crippen LogP contribution is -2.31. The zero-order valence-corrected chi connectivity index (χ0v) is 26.9. The molecule has 0 aliphatic carbocycles. The highest BCUT2D eigenvalue weighted by molar-refractivity contribution is 8.00. The highest BCUT2D eigenvalue weighted by atomic mass is 32.2. The summed E-state index contributed by atoms with van der Waals surface area (Å²) < 4.78 is 12.3. The molecule has 1 aliphatic rings. The van der Waals surface area contributed by atoms with Crippen LogP contribution in [0.3, 0.4) is 0 Å². The first-order valence-corrected chi connectivity index (χ1v) is 16.4. The normalized spacial score (nSPS) is 15.1. The number of hydrogen-bond acceptors (Lipinski definition) is 11. The quantitative estimate of drug-likeness (QED) is 0.0986. The molecule has 0 fully saturated rings. The van der Waals surface area contributed by atoms with E-state index in [4.69, 9.17) is 9.47 Å². The highest BCUT2D eigenvalue weighted by Crippen LogP contribution is 2.46. The molecule has 0 radical (unpaired) electrons. The molecule has 1 N–H and O–H groups in total. The highest BCUT2D eigenvalue weighted by Gasteiger charge is 2.47. The van der Waals surface area contributed by atoms with E-state index in [0.29, 0.717) is 55.3 Å². The molecule has 9 nitrogen and oxygen atoms in total. The van der Waals surface area contributed by atoms with Gasteiger partial charge in [0, 0.05) is 5.75 Å². The van der Waals surface area contributed by atoms with Crippen molar-refractivity contribution in [1.82, 2.24) is 15.2 Å². The Kier molecular flexibility index (Phi) is 9.48. The number of ketones is 1. The number of rotatable bonds is 12. The van der Waals surface area contributed by atoms with Crippen LogP contribution in [0.25, 0.3) is 0 Å². The van der Waals surface area contributed by atoms with Gasteiger partial charge in [0.2, 0.25) is 10.9 Å². The van der Waals surface area contributed by atoms with Crippen LogP contribution in [0.5, 0.6) is 11.5 Å². The first-order valence-electron chi connectivity index (χ1n) is 13.7. The molecular weight excluding hydrogens is 605 g/mol. The summed E-state index contributed by atoms with van der Waals surface area (Å²) >= 11 is 3.96. The van der Waals surface area contributed by atoms with Gasteiger partial charge in [0.05, 0.1) is 40.9 Å². The fourth-order valence-corrected chi connectivity index (χ4v) is 7.37. The molecule has 224 valence electrons. The molecule has 5 rings (SSSR count). The second-order valence-corrected chi connectivity index (χ2v) is 13.8. The Morgan fingerprint density at radius 2 is 1.86 bits per heavy atom. The number of amides is 1. The Hall–Kier alpha value is -3.74. The van der Waals surface area contributed by atoms with Crippen molar-refractivity contribution < 1.29 is 24.2 Å². The van der Waals surface area contributed by atoms with Crippen LogP contribution in [0.4, 0.5) is 5.13 Å². The van der Waals surface area contributed by atoms with E-state index in [9.17, 15) is 14.7 Å². The Labute approximate surface area is 262 Å². The van der Waals surface area contributed by atoms with Crippen molar-refractivity contribution in [2.24, 2.45) is 5.92 Å². The molecule has 0 saturated carbocycles. The summed E-state index contributed by atoms with van der Waals surface area (Å²) in [5, 5.41) is 20.8. The van der Waals surface area contributed by atoms with Crippen LogP contribution < -0.4 is 14.4 Å². The number of anilines is 1. The third-order valence-corrected chi connectivity index (χ3v) is 10.0. The fraction of sp³-hybridized carbons (Fsp3) is 0.323. The van der Waals surface area contributed by atoms with Gasteiger partial charge in [0.25, 0.3) is 5.91 Å². The van der Waals surface area contributed by atoms with Crippen molar-refractivity contribution in [2.45, 2.75) is 50.3 Å². The summed E-state index contributed by atoms with van der Waals surface area (Å²) in [6.07, 6.45) is 0.875. The summed E-state index contributed by atoms with van der Waals surface area (Å²) in [5.74, 6) is 0.359. The van der Waals surface area contributed by atoms with Crippen LogP contribution in [0, 0.1) is 19.8 Å². The number of thioether (sulfide) groups is 1. The Bertz CT molecular complexity index is 1660. The third-order valence-electron chi connectivity index (χ3n) is 6.83. The average Bonchev–Trinajstić information content (AvgIpc) is 3.67. The molecule has 0 saturated heterocycles. The lowest BCUT2D eigenvalue weighted by molar-refractivity contribution is -0.117. The van der Waals surface area contributed by atoms with Gasteiger partial charge in [-0.1, -0.05) is 73.3 Å². The fourth-order valence-electron chi connectivity index (χ4n) is 4.67. The van der Waals surface area contributed by atoms with Crippen LogP contribution in [0.2, 0.25) is 0 Å². The number of carbonyl (C=O) groups excluding carboxylic acids is 2. The van der Waals surface area contributed by atoms with Crippen molar-refractivity contribution in [1.29, 1.82) is 0 Å². The number of carbonyl (C=O) groups is 2. The van der Waals surface area contributed by atoms with Crippen molar-refractivity contribution >= 4 is 51.3 Å². The van der Waals surface area contributed by atoms with Gasteiger partial charge in [-0.15, -0.1) is 21.5 Å². The molecule has 0 spiro atoms. The molecular formula is C31H32N4O5S3. The van der Waals surface area contributed by atoms with Crippen LogP contribution in [-0.4, -0.2) is 45.7 Å². The van der Waals surface area contributed by atoms with Crippen molar-refractivity contribution in [3.05, 3.63) is 86.6 Å². The van der Waals surface area contributed by atoms with E-state index in [1.807, 2.05) is 37.3 Å². The van der Waals surface area contributed by atoms with Gasteiger partial charge in [-0.3, -0.25) is 14.5 Å². The maximum atomic E-state index is 14.0. The van der Waals surface area contributed by atoms with Crippen molar-refractivity contribution in [2.75, 3.05) is 18.6 Å². The van der Waals surface area contributed by atoms with Crippen LogP contribution >= 0.6 is 34.4 Å². The van der Waals surface area contributed by atoms with Gasteiger partial charge in [-0.2, -0.15) is 0 Å². The molecule has 1 aliphatic heterocycles. The van der Waals surface area contributed by atoms with E-state index in [2.05, 4.69) is 29.0 Å². The van der Waals surface area contributed by atoms with Crippen molar-refractivity contribution in [3.8, 4) is 11.5 Å². The van der Waals surface area contributed by atoms with Gasteiger partial charge >= 0.3 is 0 Å². The summed E-state index contributed by atoms with van der Waals surface area (Å²) in [7, 11) is 1.54. The van der Waals surface area contributed by atoms with E-state index in [1.165, 1.54) is 46.4 Å². The maximum Gasteiger partial charge on any atom is 0.296 e. The lowest BCUT2D eigenvalue weighted by Gasteiger charge is -2.25. The third kappa shape index (κ3) is 6.61. The minimum atomic E-state index is -0.972. The van der Waals surface area contributed by atoms with E-state index in [0.717, 1.165) is 12.0 Å². The summed E-state index contributed by atoms with van der Waals surface area (Å²) in [6, 6.07) is 14.3. The van der Waals surface area contributed by atoms with Crippen LogP contribution in [-0.2, 0) is 10.5 Å². The number of Topliss-reactive ketones (excluding diaryl/α,β-unsaturated/α-hetero) is 1. The SMILES string of the molecule is COc1cc(C2C(C(=O)c3sc(C)nc3C)=C(O)C(=O)N2c2nnc(SCc3ccccc3)s2)ccc1OCCC(C)C. The Balaban J connectivity index is 1.53. The number of methoxy groups -OCH3 is 1. The monoisotopic (exact) mass is 636 g/mol. The zero-order valence-electron chi connectivity index (χ0n) is 24.5. The number of aliphatic hydroxyl groups excluding tert-OH is 1. The number of thiazole rings is 1. The predicted octanol–water partition coefficient (Wildman–Crippen LogP) is 7.12. The number of ether oxygens (including phenoxy) is 2. The van der Waals surface area contributed by atoms with E-state index in [1.54, 1.807) is 25.1 Å². The summed E-state index contributed by atoms with van der Waals surface area (Å²) in [4.78, 5) is 33.7. The van der Waals surface area contributed by atoms with E-state index in [-0.39, 0.29) is 10.7 Å². The van der Waals surface area contributed by atoms with Gasteiger partial charge in [-0.05, 0) is 49.4 Å². The number of nitrogens with zero attached hydrogens (tertiary/aromatic N) is 4. The van der Waals surface area contributed by atoms with Crippen molar-refractivity contribution in [3.63, 3.8) is 0 Å². The van der Waals surface area contributed by atoms with Gasteiger partial charge in [0.15, 0.2) is 21.6 Å². The number of hydrogen-bond donors (Lipinski definition) is 1. The number of aromatic nitrogens is 3. The van der Waals surface area contributed by atoms with Crippen LogP contribution in [0.1, 0.15) is 57.8 Å². The second-order valence-electron chi connectivity index (χ2n) is 10.4. The first-order chi connectivity index (χ1) is 20.7. The van der Waals surface area contributed by atoms with E-state index < -0.39 is 23.5 Å². The smallest absolute Gasteiger partial charge is 0.296 e. The Morgan fingerprint density at radius 1 is 1.09 bits per heavy atom. The number of benzene rings is 2. The van der Waals surface area contributed by atoms with Gasteiger partial charge < -0.3 is 14.6 Å². The standard InChI is InChI=1S/C31H32N4O5S3/c1-17(2)13-14-40-22-12-11-21(15-23(22)39-5)25-24(26(36)28-18(3)32-19(4)42-28)27(37)29(38)35(25)30-33-34-31(43-30)41-16-20-9-7-6-8-10-20/h6-12,15,17,25,37H,13-14,16H2,1-5H3. The first kappa shape index (κ1) is 30.7. The molecule has 0 bridgehead atoms. The topological polar surface area (TPSA) is 115 Å². The zero-order chi connectivity index (χ0) is 30.7. The molecule has 43 heavy (non-hydrogen) atoms. The minimum Gasteiger partial charge on any atom is -0.503 e. The molecule has 1 amide bonds. The largest absolute Gasteiger partial charge is 0.503 e. The van der Waals surface area contributed by atoms with Gasteiger partial charge in [-0.25, -0.2) is 4.98 Å². The second kappa shape index (κ2) is 13.3. The predicted molar refractivity (Wildman–Crippen MR) is 170 cm³/mol. The van der Waals surface area contributed by atoms with Gasteiger partial charge in [0.1, 0.15) is 0 Å². The van der Waals surface area contributed by atoms with Crippen LogP contribution in [0.15, 0.2) is 64.2 Å². The molecule has 3 heterocycles. The molecule has 1 atom stereocenters. The molecule has 4 aromatic rings. The summed E-state index contributed by atoms with van der Waals surface area (Å²) in [6.45, 7) is 8.32. The maximum absolute atomic E-state index is 14.0. The molecule has 2 aromatic carbocycles. The Morgan fingerprint density at radius 3 is 2.53 bits per heavy atom. The minimum absolute atomic E-state index is 0.0408. The molecule has 12 heteroatoms. The summed E-state index contributed by atoms with van der Waals surface area (Å²) in [5.41, 5.74) is 2.19. The number of aryl methyl sites for hydroxylation is 2. The average molecular weight is 637 g/mol. The number of aliphatic hydroxyl groups is 1.